The third kappa shape index (κ3) is 4.25. The van der Waals surface area contributed by atoms with E-state index in [-0.39, 0.29) is 6.04 Å². The highest BCUT2D eigenvalue weighted by atomic mass is 35.5. The first-order valence-corrected chi connectivity index (χ1v) is 5.69. The lowest BCUT2D eigenvalue weighted by Crippen LogP contribution is -2.20. The number of hydrogen-bond donors (Lipinski definition) is 1. The van der Waals surface area contributed by atoms with Gasteiger partial charge < -0.3 is 5.32 Å². The van der Waals surface area contributed by atoms with E-state index >= 15 is 0 Å². The van der Waals surface area contributed by atoms with Crippen LogP contribution in [-0.2, 0) is 0 Å². The lowest BCUT2D eigenvalue weighted by Gasteiger charge is -2.14. The molecule has 0 saturated heterocycles. The van der Waals surface area contributed by atoms with Gasteiger partial charge in [0.2, 0.25) is 0 Å². The molecule has 0 radical (unpaired) electrons. The molecule has 0 heterocycles. The van der Waals surface area contributed by atoms with Crippen molar-refractivity contribution in [3.8, 4) is 0 Å². The molecular weight excluding hydrogens is 229 g/mol. The molecule has 0 spiro atoms. The summed E-state index contributed by atoms with van der Waals surface area (Å²) >= 11 is 11.5. The van der Waals surface area contributed by atoms with Gasteiger partial charge in [-0.1, -0.05) is 35.3 Å². The maximum atomic E-state index is 5.92. The topological polar surface area (TPSA) is 12.0 Å². The summed E-state index contributed by atoms with van der Waals surface area (Å²) in [4.78, 5) is 0. The van der Waals surface area contributed by atoms with Crippen molar-refractivity contribution in [2.75, 3.05) is 6.54 Å². The largest absolute Gasteiger partial charge is 0.306 e. The van der Waals surface area contributed by atoms with E-state index in [9.17, 15) is 0 Å². The second-order valence-corrected chi connectivity index (χ2v) is 4.27. The highest BCUT2D eigenvalue weighted by Gasteiger charge is 2.04. The fraction of sp³-hybridized carbons (Fsp3) is 0.333. The monoisotopic (exact) mass is 243 g/mol. The van der Waals surface area contributed by atoms with E-state index in [4.69, 9.17) is 23.2 Å². The number of rotatable bonds is 4. The zero-order valence-corrected chi connectivity index (χ0v) is 10.4. The first-order chi connectivity index (χ1) is 7.13. The quantitative estimate of drug-likeness (QED) is 0.839. The van der Waals surface area contributed by atoms with Crippen molar-refractivity contribution in [2.24, 2.45) is 0 Å². The van der Waals surface area contributed by atoms with Crippen molar-refractivity contribution < 1.29 is 0 Å². The molecule has 0 fully saturated rings. The van der Waals surface area contributed by atoms with Gasteiger partial charge in [-0.3, -0.25) is 0 Å². The van der Waals surface area contributed by atoms with Crippen LogP contribution in [0.5, 0.6) is 0 Å². The second-order valence-electron chi connectivity index (χ2n) is 3.61. The molecule has 1 N–H and O–H groups in total. The summed E-state index contributed by atoms with van der Waals surface area (Å²) < 4.78 is 0. The van der Waals surface area contributed by atoms with Crippen LogP contribution in [0.4, 0.5) is 0 Å². The zero-order valence-electron chi connectivity index (χ0n) is 8.93. The normalized spacial score (nSPS) is 14.0. The van der Waals surface area contributed by atoms with Gasteiger partial charge >= 0.3 is 0 Å². The molecular formula is C12H15Cl2N. The van der Waals surface area contributed by atoms with E-state index in [1.165, 1.54) is 5.56 Å². The Balaban J connectivity index is 2.57. The van der Waals surface area contributed by atoms with Gasteiger partial charge in [-0.2, -0.15) is 0 Å². The minimum atomic E-state index is 0.273. The van der Waals surface area contributed by atoms with Crippen LogP contribution < -0.4 is 5.32 Å². The van der Waals surface area contributed by atoms with Crippen molar-refractivity contribution in [2.45, 2.75) is 19.9 Å². The molecule has 1 aromatic rings. The number of benzene rings is 1. The van der Waals surface area contributed by atoms with Crippen LogP contribution >= 0.6 is 23.2 Å². The SMILES string of the molecule is C/C(=C\Cl)CNC(C)c1cccc(Cl)c1. The van der Waals surface area contributed by atoms with Gasteiger partial charge in [0, 0.05) is 23.1 Å². The molecule has 82 valence electrons. The first kappa shape index (κ1) is 12.6. The fourth-order valence-corrected chi connectivity index (χ4v) is 1.52. The van der Waals surface area contributed by atoms with E-state index < -0.39 is 0 Å². The van der Waals surface area contributed by atoms with Crippen LogP contribution in [0.3, 0.4) is 0 Å². The summed E-state index contributed by atoms with van der Waals surface area (Å²) in [6, 6.07) is 8.14. The Hall–Kier alpha value is -0.500. The Bertz CT molecular complexity index is 347. The summed E-state index contributed by atoms with van der Waals surface area (Å²) in [5.74, 6) is 0. The van der Waals surface area contributed by atoms with E-state index in [2.05, 4.69) is 18.3 Å². The van der Waals surface area contributed by atoms with Gasteiger partial charge in [0.1, 0.15) is 0 Å². The van der Waals surface area contributed by atoms with Gasteiger partial charge in [0.25, 0.3) is 0 Å². The lowest BCUT2D eigenvalue weighted by molar-refractivity contribution is 0.607. The number of halogens is 2. The van der Waals surface area contributed by atoms with Crippen LogP contribution in [-0.4, -0.2) is 6.54 Å². The van der Waals surface area contributed by atoms with Crippen LogP contribution in [0.2, 0.25) is 5.02 Å². The molecule has 1 unspecified atom stereocenters. The minimum absolute atomic E-state index is 0.273. The van der Waals surface area contributed by atoms with Crippen molar-refractivity contribution in [3.05, 3.63) is 46.0 Å². The number of nitrogens with one attached hydrogen (secondary N) is 1. The summed E-state index contributed by atoms with van der Waals surface area (Å²) in [6.07, 6.45) is 0. The predicted octanol–water partition coefficient (Wildman–Crippen LogP) is 4.13. The van der Waals surface area contributed by atoms with Gasteiger partial charge in [0.05, 0.1) is 0 Å². The maximum Gasteiger partial charge on any atom is 0.0409 e. The fourth-order valence-electron chi connectivity index (χ4n) is 1.25. The molecule has 0 bridgehead atoms. The van der Waals surface area contributed by atoms with E-state index in [1.807, 2.05) is 25.1 Å². The van der Waals surface area contributed by atoms with Crippen molar-refractivity contribution in [3.63, 3.8) is 0 Å². The lowest BCUT2D eigenvalue weighted by atomic mass is 10.1. The molecule has 0 aromatic heterocycles. The van der Waals surface area contributed by atoms with Crippen LogP contribution in [0.1, 0.15) is 25.5 Å². The zero-order chi connectivity index (χ0) is 11.3. The Morgan fingerprint density at radius 3 is 2.87 bits per heavy atom. The Morgan fingerprint density at radius 2 is 2.27 bits per heavy atom. The third-order valence-electron chi connectivity index (χ3n) is 2.22. The van der Waals surface area contributed by atoms with Gasteiger partial charge in [-0.05, 0) is 37.1 Å². The molecule has 15 heavy (non-hydrogen) atoms. The Morgan fingerprint density at radius 1 is 1.53 bits per heavy atom. The third-order valence-corrected chi connectivity index (χ3v) is 2.83. The molecule has 0 amide bonds. The van der Waals surface area contributed by atoms with E-state index in [0.29, 0.717) is 0 Å². The number of hydrogen-bond acceptors (Lipinski definition) is 1. The van der Waals surface area contributed by atoms with Crippen molar-refractivity contribution >= 4 is 23.2 Å². The molecule has 1 rings (SSSR count). The molecule has 0 aliphatic heterocycles. The molecule has 0 saturated carbocycles. The van der Waals surface area contributed by atoms with E-state index in [0.717, 1.165) is 17.1 Å². The highest BCUT2D eigenvalue weighted by Crippen LogP contribution is 2.17. The van der Waals surface area contributed by atoms with Crippen LogP contribution in [0.15, 0.2) is 35.4 Å². The minimum Gasteiger partial charge on any atom is -0.306 e. The molecule has 1 nitrogen and oxygen atoms in total. The van der Waals surface area contributed by atoms with Crippen LogP contribution in [0.25, 0.3) is 0 Å². The average molecular weight is 244 g/mol. The summed E-state index contributed by atoms with van der Waals surface area (Å²) in [7, 11) is 0. The molecule has 1 atom stereocenters. The summed E-state index contributed by atoms with van der Waals surface area (Å²) in [6.45, 7) is 4.88. The average Bonchev–Trinajstić information content (AvgIpc) is 2.25. The maximum absolute atomic E-state index is 5.92. The van der Waals surface area contributed by atoms with Crippen LogP contribution in [0, 0.1) is 0 Å². The van der Waals surface area contributed by atoms with Crippen molar-refractivity contribution in [1.82, 2.24) is 5.32 Å². The van der Waals surface area contributed by atoms with Gasteiger partial charge in [-0.15, -0.1) is 0 Å². The Kier molecular flexibility index (Phi) is 5.16. The smallest absolute Gasteiger partial charge is 0.0409 e. The van der Waals surface area contributed by atoms with Crippen molar-refractivity contribution in [1.29, 1.82) is 0 Å². The molecule has 1 aromatic carbocycles. The van der Waals surface area contributed by atoms with Gasteiger partial charge in [-0.25, -0.2) is 0 Å². The summed E-state index contributed by atoms with van der Waals surface area (Å²) in [5.41, 5.74) is 3.90. The molecule has 3 heteroatoms. The predicted molar refractivity (Wildman–Crippen MR) is 67.5 cm³/mol. The van der Waals surface area contributed by atoms with E-state index in [1.54, 1.807) is 5.54 Å². The van der Waals surface area contributed by atoms with Gasteiger partial charge in [0.15, 0.2) is 0 Å². The standard InChI is InChI=1S/C12H15Cl2N/c1-9(7-13)8-15-10(2)11-4-3-5-12(14)6-11/h3-7,10,15H,8H2,1-2H3/b9-7+. The summed E-state index contributed by atoms with van der Waals surface area (Å²) in [5, 5.41) is 4.13. The Labute approximate surface area is 101 Å². The molecule has 0 aliphatic rings. The molecule has 0 aliphatic carbocycles. The highest BCUT2D eigenvalue weighted by molar-refractivity contribution is 6.30. The first-order valence-electron chi connectivity index (χ1n) is 4.88. The second kappa shape index (κ2) is 6.16.